The Hall–Kier alpha value is -6.86. The number of nitrogens with two attached hydrogens (primary N) is 1. The fraction of sp³-hybridized carbons (Fsp3) is 0.0833. The Morgan fingerprint density at radius 3 is 0.922 bits per heavy atom. The number of fused-ring (bicyclic) bond motifs is 8. The minimum absolute atomic E-state index is 0.241. The van der Waals surface area contributed by atoms with Gasteiger partial charge in [-0.3, -0.25) is 9.11 Å². The zero-order chi connectivity index (χ0) is 45.2. The number of aromatic amines is 2. The number of aliphatic hydroxyl groups excluding tert-OH is 3. The van der Waals surface area contributed by atoms with Crippen molar-refractivity contribution in [2.75, 3.05) is 19.8 Å². The summed E-state index contributed by atoms with van der Waals surface area (Å²) in [5.41, 5.74) is 15.7. The van der Waals surface area contributed by atoms with E-state index >= 15 is 0 Å². The summed E-state index contributed by atoms with van der Waals surface area (Å²) in [5, 5.41) is 25.0. The molecule has 0 aliphatic carbocycles. The van der Waals surface area contributed by atoms with Gasteiger partial charge in [-0.15, -0.1) is 0 Å². The lowest BCUT2D eigenvalue weighted by atomic mass is 10.0. The first-order valence-electron chi connectivity index (χ1n) is 19.7. The molecule has 0 saturated heterocycles. The molecule has 4 aromatic carbocycles. The van der Waals surface area contributed by atoms with Crippen molar-refractivity contribution in [1.82, 2.24) is 19.9 Å². The van der Waals surface area contributed by atoms with E-state index in [2.05, 4.69) is 9.97 Å². The van der Waals surface area contributed by atoms with Gasteiger partial charge in [-0.2, -0.15) is 16.8 Å². The van der Waals surface area contributed by atoms with E-state index in [1.807, 2.05) is 109 Å². The van der Waals surface area contributed by atoms with Crippen molar-refractivity contribution in [3.8, 4) is 44.5 Å². The molecule has 324 valence electrons. The molecule has 0 radical (unpaired) electrons. The zero-order valence-corrected chi connectivity index (χ0v) is 35.4. The first-order valence-corrected chi connectivity index (χ1v) is 22.6. The number of hydrogen-bond acceptors (Lipinski definition) is 10. The van der Waals surface area contributed by atoms with Crippen LogP contribution >= 0.6 is 0 Å². The summed E-state index contributed by atoms with van der Waals surface area (Å²) in [6.45, 7) is -1.21. The van der Waals surface area contributed by atoms with E-state index in [1.54, 1.807) is 24.3 Å². The zero-order valence-electron chi connectivity index (χ0n) is 33.8. The number of rotatable bonds is 9. The predicted octanol–water partition coefficient (Wildman–Crippen LogP) is 7.48. The Morgan fingerprint density at radius 1 is 0.422 bits per heavy atom. The van der Waals surface area contributed by atoms with Gasteiger partial charge >= 0.3 is 0 Å². The summed E-state index contributed by atoms with van der Waals surface area (Å²) in [4.78, 5) is 17.2. The fourth-order valence-electron chi connectivity index (χ4n) is 7.37. The molecule has 0 atom stereocenters. The average molecular weight is 896 g/mol. The first-order chi connectivity index (χ1) is 30.7. The van der Waals surface area contributed by atoms with Crippen molar-refractivity contribution in [3.05, 3.63) is 156 Å². The van der Waals surface area contributed by atoms with Crippen LogP contribution in [0.2, 0.25) is 0 Å². The fourth-order valence-corrected chi connectivity index (χ4v) is 8.33. The quantitative estimate of drug-likeness (QED) is 0.0657. The van der Waals surface area contributed by atoms with Crippen molar-refractivity contribution >= 4 is 66.6 Å². The molecule has 14 nitrogen and oxygen atoms in total. The number of H-pyrrole nitrogens is 2. The molecule has 2 aliphatic rings. The molecule has 0 unspecified atom stereocenters. The van der Waals surface area contributed by atoms with Crippen LogP contribution in [0, 0.1) is 0 Å². The lowest BCUT2D eigenvalue weighted by Crippen LogP contribution is -2.50. The molecule has 0 spiro atoms. The number of aliphatic hydroxyl groups is 3. The smallest absolute Gasteiger partial charge is 0.294 e. The van der Waals surface area contributed by atoms with Crippen molar-refractivity contribution in [1.29, 1.82) is 0 Å². The first kappa shape index (κ1) is 43.8. The molecule has 9 N–H and O–H groups in total. The van der Waals surface area contributed by atoms with Gasteiger partial charge in [0.2, 0.25) is 0 Å². The molecule has 2 aliphatic heterocycles. The minimum atomic E-state index is -4.44. The average Bonchev–Trinajstić information content (AvgIpc) is 4.15. The molecule has 16 heteroatoms. The summed E-state index contributed by atoms with van der Waals surface area (Å²) >= 11 is 0. The highest BCUT2D eigenvalue weighted by Crippen LogP contribution is 2.38. The molecular weight excluding hydrogens is 855 g/mol. The highest BCUT2D eigenvalue weighted by molar-refractivity contribution is 7.86. The predicted molar refractivity (Wildman–Crippen MR) is 248 cm³/mol. The second kappa shape index (κ2) is 17.7. The van der Waals surface area contributed by atoms with Crippen LogP contribution in [-0.4, -0.2) is 86.6 Å². The molecular formula is C48H41N5O9S2. The molecule has 3 aromatic heterocycles. The SMILES string of the molecule is NC(CO)(CO)CO.O=S(=O)(O)c1ccc(-c2c3nc(c(-c4ccc(S(=O)(=O)O)cc4)c4ccc([nH]4)c(-c4ccccc4)c4nc(c(-c5ccccc5)c5ccc2[nH]5)C=C4)C=C3)cc1. The lowest BCUT2D eigenvalue weighted by Gasteiger charge is -2.20. The molecule has 64 heavy (non-hydrogen) atoms. The third-order valence-corrected chi connectivity index (χ3v) is 12.4. The Labute approximate surface area is 367 Å². The maximum Gasteiger partial charge on any atom is 0.294 e. The van der Waals surface area contributed by atoms with E-state index in [-0.39, 0.29) is 9.79 Å². The van der Waals surface area contributed by atoms with Crippen LogP contribution in [0.15, 0.2) is 143 Å². The van der Waals surface area contributed by atoms with Gasteiger partial charge in [0.05, 0.1) is 57.9 Å². The van der Waals surface area contributed by atoms with Crippen LogP contribution in [0.5, 0.6) is 0 Å². The van der Waals surface area contributed by atoms with Crippen LogP contribution in [0.4, 0.5) is 0 Å². The molecule has 0 amide bonds. The van der Waals surface area contributed by atoms with Crippen molar-refractivity contribution < 1.29 is 41.3 Å². The minimum Gasteiger partial charge on any atom is -0.394 e. The van der Waals surface area contributed by atoms with Crippen molar-refractivity contribution in [2.24, 2.45) is 5.73 Å². The molecule has 7 aromatic rings. The van der Waals surface area contributed by atoms with Gasteiger partial charge in [-0.05, 0) is 95.1 Å². The molecule has 0 fully saturated rings. The summed E-state index contributed by atoms with van der Waals surface area (Å²) in [5.74, 6) is 0. The van der Waals surface area contributed by atoms with Gasteiger partial charge in [-0.25, -0.2) is 9.97 Å². The number of nitrogens with one attached hydrogen (secondary N) is 2. The van der Waals surface area contributed by atoms with Gasteiger partial charge in [-0.1, -0.05) is 84.9 Å². The van der Waals surface area contributed by atoms with Gasteiger partial charge in [0.1, 0.15) is 0 Å². The van der Waals surface area contributed by atoms with Gasteiger partial charge in [0.15, 0.2) is 0 Å². The largest absolute Gasteiger partial charge is 0.394 e. The highest BCUT2D eigenvalue weighted by Gasteiger charge is 2.22. The summed E-state index contributed by atoms with van der Waals surface area (Å²) in [6.07, 6.45) is 7.73. The Morgan fingerprint density at radius 2 is 0.688 bits per heavy atom. The normalized spacial score (nSPS) is 12.5. The van der Waals surface area contributed by atoms with Crippen molar-refractivity contribution in [2.45, 2.75) is 15.3 Å². The van der Waals surface area contributed by atoms with E-state index in [0.29, 0.717) is 44.7 Å². The highest BCUT2D eigenvalue weighted by atomic mass is 32.2. The number of hydrogen-bond donors (Lipinski definition) is 8. The Kier molecular flexibility index (Phi) is 12.1. The van der Waals surface area contributed by atoms with E-state index < -0.39 is 45.6 Å². The molecule has 0 saturated carbocycles. The monoisotopic (exact) mass is 895 g/mol. The molecule has 8 bridgehead atoms. The van der Waals surface area contributed by atoms with Crippen LogP contribution in [0.3, 0.4) is 0 Å². The van der Waals surface area contributed by atoms with E-state index in [9.17, 15) is 25.9 Å². The summed E-state index contributed by atoms with van der Waals surface area (Å²) < 4.78 is 67.4. The Balaban J connectivity index is 0.000000641. The number of benzene rings is 4. The summed E-state index contributed by atoms with van der Waals surface area (Å²) in [6, 6.07) is 39.7. The summed E-state index contributed by atoms with van der Waals surface area (Å²) in [7, 11) is -8.88. The molecule has 9 rings (SSSR count). The van der Waals surface area contributed by atoms with Gasteiger partial charge < -0.3 is 31.0 Å². The van der Waals surface area contributed by atoms with E-state index in [1.165, 1.54) is 24.3 Å². The standard InChI is InChI=1S/C44H30N4O6S2.C4H11NO3/c49-55(50,51)31-15-11-29(12-16-31)43-37-23-21-35(46-37)41(27-7-3-1-4-8-27)33-19-20-34(45-33)42(28-9-5-2-6-10-28)36-22-24-38(47-36)44(40-26-25-39(43)48-40)30-13-17-32(18-14-30)56(52,53)54;5-4(1-6,2-7)3-8/h1-26,46-47H,(H,49,50,51)(H,52,53,54);6-8H,1-3,5H2. The third-order valence-electron chi connectivity index (χ3n) is 10.7. The maximum absolute atomic E-state index is 12.0. The van der Waals surface area contributed by atoms with Crippen molar-refractivity contribution in [3.63, 3.8) is 0 Å². The topological polar surface area (TPSA) is 253 Å². The third kappa shape index (κ3) is 8.98. The van der Waals surface area contributed by atoms with Crippen LogP contribution in [0.25, 0.3) is 90.9 Å². The Bertz CT molecular complexity index is 3110. The number of aromatic nitrogens is 4. The van der Waals surface area contributed by atoms with Gasteiger partial charge in [0, 0.05) is 44.3 Å². The second-order valence-electron chi connectivity index (χ2n) is 15.1. The van der Waals surface area contributed by atoms with Crippen LogP contribution < -0.4 is 5.73 Å². The molecule has 5 heterocycles. The van der Waals surface area contributed by atoms with E-state index in [4.69, 9.17) is 31.0 Å². The van der Waals surface area contributed by atoms with Crippen LogP contribution in [-0.2, 0) is 20.2 Å². The lowest BCUT2D eigenvalue weighted by molar-refractivity contribution is 0.0697. The van der Waals surface area contributed by atoms with Crippen LogP contribution in [0.1, 0.15) is 22.8 Å². The number of nitrogens with zero attached hydrogens (tertiary/aromatic N) is 2. The maximum atomic E-state index is 12.0. The van der Waals surface area contributed by atoms with E-state index in [0.717, 1.165) is 44.7 Å². The second-order valence-corrected chi connectivity index (χ2v) is 17.9. The van der Waals surface area contributed by atoms with Gasteiger partial charge in [0.25, 0.3) is 20.2 Å².